The lowest BCUT2D eigenvalue weighted by molar-refractivity contribution is 0.174. The number of anilines is 1. The van der Waals surface area contributed by atoms with Gasteiger partial charge in [-0.1, -0.05) is 18.1 Å². The molecule has 0 fully saturated rings. The van der Waals surface area contributed by atoms with Gasteiger partial charge in [0.1, 0.15) is 0 Å². The molecule has 2 N–H and O–H groups in total. The second-order valence-electron chi connectivity index (χ2n) is 4.72. The summed E-state index contributed by atoms with van der Waals surface area (Å²) in [4.78, 5) is 0. The standard InChI is InChI=1S/C14H18N4O3/c1-2-5-15-8-13-17-18-14(21-13)16-7-10-3-4-11-12(6-10)20-9-19-11/h3-4,6,15H,2,5,7-9H2,1H3,(H,16,18). The highest BCUT2D eigenvalue weighted by Gasteiger charge is 2.13. The van der Waals surface area contributed by atoms with E-state index in [2.05, 4.69) is 27.8 Å². The second kappa shape index (κ2) is 6.45. The number of hydrogen-bond donors (Lipinski definition) is 2. The van der Waals surface area contributed by atoms with Crippen molar-refractivity contribution in [3.8, 4) is 11.5 Å². The molecule has 7 heteroatoms. The highest BCUT2D eigenvalue weighted by Crippen LogP contribution is 2.32. The fourth-order valence-corrected chi connectivity index (χ4v) is 2.00. The van der Waals surface area contributed by atoms with E-state index < -0.39 is 0 Å². The Morgan fingerprint density at radius 3 is 2.95 bits per heavy atom. The quantitative estimate of drug-likeness (QED) is 0.754. The lowest BCUT2D eigenvalue weighted by atomic mass is 10.2. The van der Waals surface area contributed by atoms with Gasteiger partial charge < -0.3 is 24.5 Å². The summed E-state index contributed by atoms with van der Waals surface area (Å²) in [5.41, 5.74) is 1.06. The topological polar surface area (TPSA) is 81.4 Å². The van der Waals surface area contributed by atoms with Gasteiger partial charge in [-0.15, -0.1) is 5.10 Å². The zero-order valence-electron chi connectivity index (χ0n) is 11.9. The largest absolute Gasteiger partial charge is 0.454 e. The Hall–Kier alpha value is -2.28. The maximum absolute atomic E-state index is 5.49. The smallest absolute Gasteiger partial charge is 0.315 e. The molecule has 0 amide bonds. The third kappa shape index (κ3) is 3.43. The zero-order chi connectivity index (χ0) is 14.5. The van der Waals surface area contributed by atoms with Crippen LogP contribution in [0.15, 0.2) is 22.6 Å². The van der Waals surface area contributed by atoms with Crippen molar-refractivity contribution in [1.29, 1.82) is 0 Å². The van der Waals surface area contributed by atoms with Crippen molar-refractivity contribution < 1.29 is 13.9 Å². The van der Waals surface area contributed by atoms with E-state index in [1.54, 1.807) is 0 Å². The number of aromatic nitrogens is 2. The molecule has 1 aromatic heterocycles. The Balaban J connectivity index is 1.53. The number of nitrogens with zero attached hydrogens (tertiary/aromatic N) is 2. The van der Waals surface area contributed by atoms with Crippen LogP contribution in [0.1, 0.15) is 24.8 Å². The fourth-order valence-electron chi connectivity index (χ4n) is 2.00. The van der Waals surface area contributed by atoms with Gasteiger partial charge in [-0.05, 0) is 30.7 Å². The predicted octanol–water partition coefficient (Wildman–Crippen LogP) is 1.91. The molecular formula is C14H18N4O3. The molecule has 1 aliphatic heterocycles. The van der Waals surface area contributed by atoms with Gasteiger partial charge in [-0.3, -0.25) is 0 Å². The third-order valence-corrected chi connectivity index (χ3v) is 3.05. The molecule has 0 aliphatic carbocycles. The van der Waals surface area contributed by atoms with Crippen molar-refractivity contribution in [3.05, 3.63) is 29.7 Å². The SMILES string of the molecule is CCCNCc1nnc(NCc2ccc3c(c2)OCO3)o1. The number of fused-ring (bicyclic) bond motifs is 1. The van der Waals surface area contributed by atoms with Gasteiger partial charge in [0.15, 0.2) is 11.5 Å². The monoisotopic (exact) mass is 290 g/mol. The number of rotatable bonds is 7. The van der Waals surface area contributed by atoms with Crippen molar-refractivity contribution in [2.24, 2.45) is 0 Å². The van der Waals surface area contributed by atoms with E-state index in [-0.39, 0.29) is 6.79 Å². The molecule has 1 aromatic carbocycles. The van der Waals surface area contributed by atoms with Crippen LogP contribution in [-0.2, 0) is 13.1 Å². The van der Waals surface area contributed by atoms with E-state index in [0.717, 1.165) is 30.0 Å². The summed E-state index contributed by atoms with van der Waals surface area (Å²) in [5, 5.41) is 14.2. The van der Waals surface area contributed by atoms with Gasteiger partial charge >= 0.3 is 6.01 Å². The molecule has 21 heavy (non-hydrogen) atoms. The summed E-state index contributed by atoms with van der Waals surface area (Å²) in [6.07, 6.45) is 1.07. The maximum atomic E-state index is 5.49. The van der Waals surface area contributed by atoms with E-state index in [9.17, 15) is 0 Å². The van der Waals surface area contributed by atoms with Crippen LogP contribution in [0, 0.1) is 0 Å². The Morgan fingerprint density at radius 2 is 2.05 bits per heavy atom. The second-order valence-corrected chi connectivity index (χ2v) is 4.72. The lowest BCUT2D eigenvalue weighted by Gasteiger charge is -2.03. The van der Waals surface area contributed by atoms with Gasteiger partial charge in [0, 0.05) is 6.54 Å². The number of hydrogen-bond acceptors (Lipinski definition) is 7. The van der Waals surface area contributed by atoms with Crippen LogP contribution in [-0.4, -0.2) is 23.5 Å². The summed E-state index contributed by atoms with van der Waals surface area (Å²) in [6.45, 7) is 4.50. The van der Waals surface area contributed by atoms with Crippen molar-refractivity contribution in [2.45, 2.75) is 26.4 Å². The molecule has 0 bridgehead atoms. The molecule has 0 saturated carbocycles. The third-order valence-electron chi connectivity index (χ3n) is 3.05. The van der Waals surface area contributed by atoms with E-state index in [1.807, 2.05) is 18.2 Å². The first-order valence-corrected chi connectivity index (χ1v) is 7.00. The molecule has 0 spiro atoms. The number of nitrogens with one attached hydrogen (secondary N) is 2. The van der Waals surface area contributed by atoms with Crippen LogP contribution >= 0.6 is 0 Å². The molecule has 0 saturated heterocycles. The average Bonchev–Trinajstić information content (AvgIpc) is 3.13. The summed E-state index contributed by atoms with van der Waals surface area (Å²) < 4.78 is 16.1. The van der Waals surface area contributed by atoms with Crippen molar-refractivity contribution in [2.75, 3.05) is 18.7 Å². The number of ether oxygens (including phenoxy) is 2. The first-order chi connectivity index (χ1) is 10.3. The molecule has 0 unspecified atom stereocenters. The van der Waals surface area contributed by atoms with Crippen molar-refractivity contribution >= 4 is 6.01 Å². The molecule has 2 heterocycles. The minimum absolute atomic E-state index is 0.282. The Kier molecular flexibility index (Phi) is 4.20. The van der Waals surface area contributed by atoms with E-state index in [1.165, 1.54) is 0 Å². The van der Waals surface area contributed by atoms with Crippen molar-refractivity contribution in [3.63, 3.8) is 0 Å². The van der Waals surface area contributed by atoms with Crippen LogP contribution < -0.4 is 20.1 Å². The van der Waals surface area contributed by atoms with Crippen molar-refractivity contribution in [1.82, 2.24) is 15.5 Å². The molecule has 0 radical (unpaired) electrons. The Morgan fingerprint density at radius 1 is 1.14 bits per heavy atom. The molecule has 1 aliphatic rings. The van der Waals surface area contributed by atoms with Crippen LogP contribution in [0.2, 0.25) is 0 Å². The van der Waals surface area contributed by atoms with Gasteiger partial charge in [0.05, 0.1) is 6.54 Å². The summed E-state index contributed by atoms with van der Waals surface area (Å²) in [6, 6.07) is 6.23. The van der Waals surface area contributed by atoms with E-state index >= 15 is 0 Å². The molecule has 7 nitrogen and oxygen atoms in total. The van der Waals surface area contributed by atoms with Gasteiger partial charge in [0.2, 0.25) is 12.7 Å². The highest BCUT2D eigenvalue weighted by atomic mass is 16.7. The molecule has 112 valence electrons. The number of benzene rings is 1. The fraction of sp³-hybridized carbons (Fsp3) is 0.429. The zero-order valence-corrected chi connectivity index (χ0v) is 11.9. The van der Waals surface area contributed by atoms with Crippen LogP contribution in [0.3, 0.4) is 0 Å². The van der Waals surface area contributed by atoms with Crippen LogP contribution in [0.25, 0.3) is 0 Å². The van der Waals surface area contributed by atoms with Gasteiger partial charge in [-0.2, -0.15) is 0 Å². The molecule has 0 atom stereocenters. The first-order valence-electron chi connectivity index (χ1n) is 7.00. The van der Waals surface area contributed by atoms with Gasteiger partial charge in [0.25, 0.3) is 0 Å². The Labute approximate surface area is 122 Å². The predicted molar refractivity (Wildman–Crippen MR) is 76.2 cm³/mol. The van der Waals surface area contributed by atoms with Crippen LogP contribution in [0.4, 0.5) is 6.01 Å². The molecule has 3 rings (SSSR count). The Bertz CT molecular complexity index is 600. The normalized spacial score (nSPS) is 12.6. The van der Waals surface area contributed by atoms with E-state index in [0.29, 0.717) is 25.0 Å². The molecule has 2 aromatic rings. The maximum Gasteiger partial charge on any atom is 0.315 e. The lowest BCUT2D eigenvalue weighted by Crippen LogP contribution is -2.13. The summed E-state index contributed by atoms with van der Waals surface area (Å²) in [7, 11) is 0. The first kappa shape index (κ1) is 13.7. The van der Waals surface area contributed by atoms with Crippen LogP contribution in [0.5, 0.6) is 11.5 Å². The highest BCUT2D eigenvalue weighted by molar-refractivity contribution is 5.45. The average molecular weight is 290 g/mol. The minimum Gasteiger partial charge on any atom is -0.454 e. The molecular weight excluding hydrogens is 272 g/mol. The van der Waals surface area contributed by atoms with Gasteiger partial charge in [-0.25, -0.2) is 0 Å². The summed E-state index contributed by atoms with van der Waals surface area (Å²) >= 11 is 0. The summed E-state index contributed by atoms with van der Waals surface area (Å²) in [5.74, 6) is 2.13. The minimum atomic E-state index is 0.282. The van der Waals surface area contributed by atoms with E-state index in [4.69, 9.17) is 13.9 Å².